The van der Waals surface area contributed by atoms with Gasteiger partial charge in [-0.05, 0) is 19.3 Å². The van der Waals surface area contributed by atoms with E-state index in [4.69, 9.17) is 32.5 Å². The van der Waals surface area contributed by atoms with Crippen LogP contribution >= 0.6 is 0 Å². The Hall–Kier alpha value is -2.45. The number of aliphatic hydroxyl groups excluding tert-OH is 3. The van der Waals surface area contributed by atoms with Crippen molar-refractivity contribution in [1.82, 2.24) is 0 Å². The monoisotopic (exact) mass is 499 g/mol. The first-order chi connectivity index (χ1) is 14.5. The van der Waals surface area contributed by atoms with Gasteiger partial charge in [-0.25, -0.2) is 0 Å². The molecule has 0 aliphatic rings. The topological polar surface area (TPSA) is 190 Å². The molecule has 32 heavy (non-hydrogen) atoms. The van der Waals surface area contributed by atoms with E-state index in [0.717, 1.165) is 63.2 Å². The number of carbonyl (C=O) groups is 3. The Morgan fingerprint density at radius 2 is 0.812 bits per heavy atom. The van der Waals surface area contributed by atoms with Crippen molar-refractivity contribution in [3.05, 3.63) is 35.5 Å². The molecule has 0 spiro atoms. The van der Waals surface area contributed by atoms with Gasteiger partial charge in [-0.15, -0.1) is 0 Å². The smallest absolute Gasteiger partial charge is 0.244 e. The van der Waals surface area contributed by atoms with E-state index in [2.05, 4.69) is 6.92 Å². The van der Waals surface area contributed by atoms with E-state index < -0.39 is 17.7 Å². The van der Waals surface area contributed by atoms with Crippen molar-refractivity contribution in [1.29, 1.82) is 0 Å². The Morgan fingerprint density at radius 1 is 0.562 bits per heavy atom. The van der Waals surface area contributed by atoms with Gasteiger partial charge in [-0.2, -0.15) is 0 Å². The fraction of sp³-hybridized carbons (Fsp3) is 0.591. The molecule has 0 aromatic rings. The predicted octanol–water partition coefficient (Wildman–Crippen LogP) is 3.70. The predicted molar refractivity (Wildman–Crippen MR) is 123 cm³/mol. The molecule has 0 aromatic heterocycles. The molecule has 9 nitrogen and oxygen atoms in total. The minimum atomic E-state index is -0.589. The number of allylic oxidation sites excluding steroid dienone is 3. The van der Waals surface area contributed by atoms with Crippen LogP contribution in [0.5, 0.6) is 0 Å². The van der Waals surface area contributed by atoms with E-state index in [0.29, 0.717) is 19.3 Å². The molecule has 0 aliphatic carbocycles. The second-order valence-corrected chi connectivity index (χ2v) is 6.78. The third-order valence-electron chi connectivity index (χ3n) is 3.54. The van der Waals surface area contributed by atoms with Crippen molar-refractivity contribution >= 4 is 17.7 Å². The standard InChI is InChI=1S/C8H15NO2.2C7H13NO2.Fe/c1-2-3-4-5-7(10)6-8(9)11;2*1-2-3-4-6(9)5-7(8)10;/h6,10H,2-5H2,1H3,(H2,9,11);2*5,9H,2-4H2,1H3,(H2,8,10);. The fourth-order valence-electron chi connectivity index (χ4n) is 1.98. The molecule has 0 fully saturated rings. The van der Waals surface area contributed by atoms with Crippen molar-refractivity contribution in [2.45, 2.75) is 85.0 Å². The van der Waals surface area contributed by atoms with E-state index >= 15 is 0 Å². The van der Waals surface area contributed by atoms with Gasteiger partial charge in [0.05, 0.1) is 17.3 Å². The number of nitrogens with two attached hydrogens (primary N) is 3. The summed E-state index contributed by atoms with van der Waals surface area (Å²) in [6, 6.07) is 0. The van der Waals surface area contributed by atoms with Crippen LogP contribution in [0.25, 0.3) is 0 Å². The summed E-state index contributed by atoms with van der Waals surface area (Å²) in [7, 11) is 0. The molecule has 0 radical (unpaired) electrons. The van der Waals surface area contributed by atoms with Crippen molar-refractivity contribution in [3.8, 4) is 0 Å². The van der Waals surface area contributed by atoms with Gasteiger partial charge in [0.25, 0.3) is 0 Å². The number of amides is 3. The van der Waals surface area contributed by atoms with E-state index in [1.165, 1.54) is 0 Å². The maximum absolute atomic E-state index is 10.2. The van der Waals surface area contributed by atoms with Gasteiger partial charge in [0.1, 0.15) is 0 Å². The second kappa shape index (κ2) is 26.6. The van der Waals surface area contributed by atoms with Gasteiger partial charge in [-0.3, -0.25) is 14.4 Å². The van der Waals surface area contributed by atoms with E-state index in [9.17, 15) is 14.4 Å². The van der Waals surface area contributed by atoms with Crippen molar-refractivity contribution in [3.63, 3.8) is 0 Å². The van der Waals surface area contributed by atoms with Gasteiger partial charge in [-0.1, -0.05) is 46.5 Å². The molecule has 0 aromatic carbocycles. The van der Waals surface area contributed by atoms with Crippen LogP contribution < -0.4 is 17.2 Å². The number of unbranched alkanes of at least 4 members (excludes halogenated alkanes) is 4. The van der Waals surface area contributed by atoms with Crippen molar-refractivity contribution < 1.29 is 46.8 Å². The van der Waals surface area contributed by atoms with Crippen LogP contribution in [-0.4, -0.2) is 33.0 Å². The van der Waals surface area contributed by atoms with Gasteiger partial charge >= 0.3 is 0 Å². The zero-order valence-electron chi connectivity index (χ0n) is 19.5. The third kappa shape index (κ3) is 38.2. The average Bonchev–Trinajstić information content (AvgIpc) is 2.64. The molecule has 0 aliphatic heterocycles. The van der Waals surface area contributed by atoms with Crippen LogP contribution in [0.15, 0.2) is 35.5 Å². The molecule has 188 valence electrons. The van der Waals surface area contributed by atoms with Gasteiger partial charge < -0.3 is 32.5 Å². The minimum Gasteiger partial charge on any atom is -0.512 e. The quantitative estimate of drug-likeness (QED) is 0.0969. The fourth-order valence-corrected chi connectivity index (χ4v) is 1.98. The molecule has 0 saturated heterocycles. The molecular weight excluding hydrogens is 458 g/mol. The molecule has 0 heterocycles. The van der Waals surface area contributed by atoms with Crippen molar-refractivity contribution in [2.75, 3.05) is 0 Å². The normalized spacial score (nSPS) is 11.2. The van der Waals surface area contributed by atoms with Crippen molar-refractivity contribution in [2.24, 2.45) is 17.2 Å². The SMILES string of the molecule is CCCCC(O)=CC(N)=O.CCCCC(O)=CC(N)=O.CCCCCC(O)=CC(N)=O.[Fe]. The van der Waals surface area contributed by atoms with Gasteiger partial charge in [0.15, 0.2) is 0 Å². The first kappa shape index (κ1) is 36.9. The number of primary amides is 3. The minimum absolute atomic E-state index is 0. The summed E-state index contributed by atoms with van der Waals surface area (Å²) in [5.41, 5.74) is 14.4. The average molecular weight is 499 g/mol. The number of hydrogen-bond acceptors (Lipinski definition) is 6. The Balaban J connectivity index is -0.000000181. The summed E-state index contributed by atoms with van der Waals surface area (Å²) in [5.74, 6) is -1.52. The van der Waals surface area contributed by atoms with Crippen LogP contribution in [0.2, 0.25) is 0 Å². The molecule has 10 heteroatoms. The van der Waals surface area contributed by atoms with Gasteiger partial charge in [0, 0.05) is 54.6 Å². The molecule has 0 saturated carbocycles. The Kier molecular flexibility index (Phi) is 30.7. The van der Waals surface area contributed by atoms with Crippen LogP contribution in [0.4, 0.5) is 0 Å². The third-order valence-corrected chi connectivity index (χ3v) is 3.54. The van der Waals surface area contributed by atoms with Crippen LogP contribution in [0.3, 0.4) is 0 Å². The summed E-state index contributed by atoms with van der Waals surface area (Å²) in [6.45, 7) is 6.10. The van der Waals surface area contributed by atoms with Crippen LogP contribution in [-0.2, 0) is 31.5 Å². The Bertz CT molecular complexity index is 570. The maximum atomic E-state index is 10.2. The summed E-state index contributed by atoms with van der Waals surface area (Å²) < 4.78 is 0. The first-order valence-corrected chi connectivity index (χ1v) is 10.6. The van der Waals surface area contributed by atoms with E-state index in [1.54, 1.807) is 0 Å². The summed E-state index contributed by atoms with van der Waals surface area (Å²) in [4.78, 5) is 30.5. The number of carbonyl (C=O) groups excluding carboxylic acids is 3. The zero-order chi connectivity index (χ0) is 24.7. The van der Waals surface area contributed by atoms with Crippen LogP contribution in [0, 0.1) is 0 Å². The maximum Gasteiger partial charge on any atom is 0.244 e. The molecular formula is C22H41FeN3O6. The van der Waals surface area contributed by atoms with E-state index in [-0.39, 0.29) is 34.3 Å². The number of aliphatic hydroxyl groups is 3. The molecule has 0 bridgehead atoms. The summed E-state index contributed by atoms with van der Waals surface area (Å²) in [5, 5.41) is 26.8. The molecule has 3 amide bonds. The van der Waals surface area contributed by atoms with E-state index in [1.807, 2.05) is 13.8 Å². The molecule has 0 unspecified atom stereocenters. The Morgan fingerprint density at radius 3 is 1.03 bits per heavy atom. The number of rotatable bonds is 13. The molecule has 9 N–H and O–H groups in total. The zero-order valence-corrected chi connectivity index (χ0v) is 20.6. The largest absolute Gasteiger partial charge is 0.512 e. The number of hydrogen-bond donors (Lipinski definition) is 6. The van der Waals surface area contributed by atoms with Gasteiger partial charge in [0.2, 0.25) is 17.7 Å². The molecule has 0 rings (SSSR count). The second-order valence-electron chi connectivity index (χ2n) is 6.78. The molecule has 0 atom stereocenters. The summed E-state index contributed by atoms with van der Waals surface area (Å²) >= 11 is 0. The first-order valence-electron chi connectivity index (χ1n) is 10.6. The Labute approximate surface area is 202 Å². The summed E-state index contributed by atoms with van der Waals surface area (Å²) in [6.07, 6.45) is 11.6. The van der Waals surface area contributed by atoms with Crippen LogP contribution in [0.1, 0.15) is 85.0 Å².